The van der Waals surface area contributed by atoms with Crippen LogP contribution in [0.4, 0.5) is 0 Å². The van der Waals surface area contributed by atoms with Gasteiger partial charge >= 0.3 is 0 Å². The zero-order chi connectivity index (χ0) is 22.5. The Bertz CT molecular complexity index is 747. The maximum absolute atomic E-state index is 4.61. The molecule has 2 aliphatic heterocycles. The minimum atomic E-state index is 0.565. The molecule has 2 aliphatic rings. The van der Waals surface area contributed by atoms with Gasteiger partial charge in [-0.1, -0.05) is 0 Å². The van der Waals surface area contributed by atoms with Crippen molar-refractivity contribution < 1.29 is 0 Å². The van der Waals surface area contributed by atoms with Gasteiger partial charge in [0.15, 0.2) is 11.6 Å². The molecule has 0 unspecified atom stereocenters. The molecular weight excluding hydrogens is 400 g/mol. The molecule has 4 rings (SSSR count). The van der Waals surface area contributed by atoms with Gasteiger partial charge in [0.05, 0.1) is 0 Å². The minimum absolute atomic E-state index is 0.565. The summed E-state index contributed by atoms with van der Waals surface area (Å²) in [6.07, 6.45) is 8.30. The molecule has 8 nitrogen and oxygen atoms in total. The largest absolute Gasteiger partial charge is 0.309 e. The predicted molar refractivity (Wildman–Crippen MR) is 129 cm³/mol. The number of rotatable bonds is 9. The molecule has 4 heterocycles. The molecule has 2 fully saturated rings. The van der Waals surface area contributed by atoms with Crippen molar-refractivity contribution in [1.29, 1.82) is 0 Å². The van der Waals surface area contributed by atoms with E-state index in [9.17, 15) is 0 Å². The molecule has 2 N–H and O–H groups in total. The van der Waals surface area contributed by atoms with E-state index in [0.29, 0.717) is 24.2 Å². The van der Waals surface area contributed by atoms with Crippen molar-refractivity contribution in [2.75, 3.05) is 39.3 Å². The smallest absolute Gasteiger partial charge is 0.153 e. The highest BCUT2D eigenvalue weighted by molar-refractivity contribution is 5.02. The van der Waals surface area contributed by atoms with Gasteiger partial charge in [-0.05, 0) is 65.8 Å². The fourth-order valence-electron chi connectivity index (χ4n) is 5.55. The molecule has 2 saturated heterocycles. The number of hydrogen-bond donors (Lipinski definition) is 2. The highest BCUT2D eigenvalue weighted by Gasteiger charge is 2.22. The van der Waals surface area contributed by atoms with Gasteiger partial charge in [0.2, 0.25) is 0 Å². The Balaban J connectivity index is 1.34. The molecule has 4 atom stereocenters. The number of piperazine rings is 2. The lowest BCUT2D eigenvalue weighted by atomic mass is 10.1. The van der Waals surface area contributed by atoms with Crippen LogP contribution in [0.15, 0.2) is 24.5 Å². The second kappa shape index (κ2) is 10.9. The lowest BCUT2D eigenvalue weighted by Gasteiger charge is -2.36. The van der Waals surface area contributed by atoms with Gasteiger partial charge < -0.3 is 20.4 Å². The second-order valence-electron chi connectivity index (χ2n) is 10.1. The van der Waals surface area contributed by atoms with E-state index in [1.165, 1.54) is 0 Å². The van der Waals surface area contributed by atoms with Gasteiger partial charge in [0.1, 0.15) is 0 Å². The summed E-state index contributed by atoms with van der Waals surface area (Å²) in [5.41, 5.74) is 0. The first-order valence-electron chi connectivity index (χ1n) is 12.5. The molecule has 0 saturated carbocycles. The Hall–Kier alpha value is -1.74. The van der Waals surface area contributed by atoms with Crippen LogP contribution in [-0.2, 0) is 12.8 Å². The summed E-state index contributed by atoms with van der Waals surface area (Å²) in [4.78, 5) is 5.16. The quantitative estimate of drug-likeness (QED) is 0.615. The summed E-state index contributed by atoms with van der Waals surface area (Å²) in [5, 5.41) is 16.5. The minimum Gasteiger partial charge on any atom is -0.309 e. The lowest BCUT2D eigenvalue weighted by Crippen LogP contribution is -2.54. The second-order valence-corrected chi connectivity index (χ2v) is 10.1. The number of aromatic nitrogens is 4. The molecular formula is C24H42N8. The van der Waals surface area contributed by atoms with Crippen molar-refractivity contribution in [3.8, 4) is 0 Å². The molecule has 0 amide bonds. The first-order valence-corrected chi connectivity index (χ1v) is 12.5. The van der Waals surface area contributed by atoms with Crippen molar-refractivity contribution in [3.05, 3.63) is 36.2 Å². The fraction of sp³-hybridized carbons (Fsp3) is 0.750. The third-order valence-corrected chi connectivity index (χ3v) is 6.61. The summed E-state index contributed by atoms with van der Waals surface area (Å²) in [6, 6.07) is 6.40. The van der Waals surface area contributed by atoms with E-state index in [0.717, 1.165) is 76.6 Å². The molecule has 0 aliphatic carbocycles. The summed E-state index contributed by atoms with van der Waals surface area (Å²) in [6.45, 7) is 15.9. The normalized spacial score (nSPS) is 27.8. The first kappa shape index (κ1) is 23.4. The van der Waals surface area contributed by atoms with Crippen LogP contribution >= 0.6 is 0 Å². The van der Waals surface area contributed by atoms with E-state index >= 15 is 0 Å². The van der Waals surface area contributed by atoms with Crippen LogP contribution in [0.1, 0.15) is 52.2 Å². The Labute approximate surface area is 193 Å². The molecule has 0 bridgehead atoms. The van der Waals surface area contributed by atoms with Gasteiger partial charge in [-0.3, -0.25) is 4.68 Å². The van der Waals surface area contributed by atoms with E-state index in [4.69, 9.17) is 0 Å². The number of hydrogen-bond acceptors (Lipinski definition) is 6. The summed E-state index contributed by atoms with van der Waals surface area (Å²) in [7, 11) is 0. The van der Waals surface area contributed by atoms with Crippen LogP contribution in [0.2, 0.25) is 0 Å². The van der Waals surface area contributed by atoms with Crippen molar-refractivity contribution in [2.45, 2.75) is 77.5 Å². The molecule has 0 radical (unpaired) electrons. The molecule has 8 heteroatoms. The van der Waals surface area contributed by atoms with E-state index in [1.54, 1.807) is 0 Å². The van der Waals surface area contributed by atoms with E-state index in [2.05, 4.69) is 92.2 Å². The van der Waals surface area contributed by atoms with Crippen LogP contribution in [0.5, 0.6) is 0 Å². The van der Waals surface area contributed by atoms with E-state index in [-0.39, 0.29) is 0 Å². The predicted octanol–water partition coefficient (Wildman–Crippen LogP) is 1.62. The Kier molecular flexibility index (Phi) is 7.99. The van der Waals surface area contributed by atoms with Gasteiger partial charge in [0, 0.05) is 75.6 Å². The molecule has 2 aromatic heterocycles. The van der Waals surface area contributed by atoms with Gasteiger partial charge in [-0.25, -0.2) is 4.68 Å². The van der Waals surface area contributed by atoms with Crippen LogP contribution in [-0.4, -0.2) is 92.8 Å². The topological polar surface area (TPSA) is 66.2 Å². The number of nitrogens with zero attached hydrogens (tertiary/aromatic N) is 6. The third kappa shape index (κ3) is 6.19. The highest BCUT2D eigenvalue weighted by Crippen LogP contribution is 2.12. The van der Waals surface area contributed by atoms with Gasteiger partial charge in [0.25, 0.3) is 0 Å². The number of aryl methyl sites for hydroxylation is 2. The summed E-state index contributed by atoms with van der Waals surface area (Å²) >= 11 is 0. The zero-order valence-electron chi connectivity index (χ0n) is 20.4. The fourth-order valence-corrected chi connectivity index (χ4v) is 5.55. The molecule has 32 heavy (non-hydrogen) atoms. The molecule has 2 aromatic rings. The van der Waals surface area contributed by atoms with Gasteiger partial charge in [-0.2, -0.15) is 0 Å². The molecule has 0 aromatic carbocycles. The van der Waals surface area contributed by atoms with E-state index < -0.39 is 0 Å². The zero-order valence-corrected chi connectivity index (χ0v) is 20.4. The van der Waals surface area contributed by atoms with Gasteiger partial charge in [-0.15, -0.1) is 10.2 Å². The van der Waals surface area contributed by atoms with Crippen molar-refractivity contribution in [2.24, 2.45) is 0 Å². The maximum atomic E-state index is 4.61. The molecule has 178 valence electrons. The SMILES string of the molecule is C[C@@H]1CN(CCCc2nnc(CCCN3C[C@@H](C)N[C@@H](C)C3)n2-n2cccc2)C[C@H](C)N1. The Morgan fingerprint density at radius 2 is 1.12 bits per heavy atom. The summed E-state index contributed by atoms with van der Waals surface area (Å²) in [5.74, 6) is 2.13. The van der Waals surface area contributed by atoms with Crippen molar-refractivity contribution in [1.82, 2.24) is 40.0 Å². The highest BCUT2D eigenvalue weighted by atomic mass is 15.5. The van der Waals surface area contributed by atoms with Crippen LogP contribution in [0, 0.1) is 0 Å². The monoisotopic (exact) mass is 442 g/mol. The Morgan fingerprint density at radius 1 is 0.719 bits per heavy atom. The van der Waals surface area contributed by atoms with E-state index in [1.807, 2.05) is 0 Å². The standard InChI is InChI=1S/C24H42N8/c1-19-15-29(16-20(2)25-19)11-7-9-23-27-28-24(32(23)31-13-5-6-14-31)10-8-12-30-17-21(3)26-22(4)18-30/h5-6,13-14,19-22,25-26H,7-12,15-18H2,1-4H3/t19-,20+,21-,22+. The van der Waals surface area contributed by atoms with Crippen LogP contribution < -0.4 is 10.6 Å². The first-order chi connectivity index (χ1) is 15.5. The lowest BCUT2D eigenvalue weighted by molar-refractivity contribution is 0.171. The van der Waals surface area contributed by atoms with Crippen LogP contribution in [0.3, 0.4) is 0 Å². The maximum Gasteiger partial charge on any atom is 0.153 e. The van der Waals surface area contributed by atoms with Crippen molar-refractivity contribution in [3.63, 3.8) is 0 Å². The Morgan fingerprint density at radius 3 is 1.53 bits per heavy atom. The average molecular weight is 443 g/mol. The number of nitrogens with one attached hydrogen (secondary N) is 2. The summed E-state index contributed by atoms with van der Waals surface area (Å²) < 4.78 is 4.36. The van der Waals surface area contributed by atoms with Crippen molar-refractivity contribution >= 4 is 0 Å². The molecule has 0 spiro atoms. The van der Waals surface area contributed by atoms with Crippen LogP contribution in [0.25, 0.3) is 0 Å². The third-order valence-electron chi connectivity index (χ3n) is 6.61. The average Bonchev–Trinajstić information content (AvgIpc) is 3.36.